The minimum atomic E-state index is -3.84. The van der Waals surface area contributed by atoms with Crippen molar-refractivity contribution in [2.24, 2.45) is 4.36 Å². The van der Waals surface area contributed by atoms with Crippen LogP contribution in [0.2, 0.25) is 0 Å². The summed E-state index contributed by atoms with van der Waals surface area (Å²) in [5, 5.41) is 7.78. The summed E-state index contributed by atoms with van der Waals surface area (Å²) in [6.45, 7) is 4.95. The maximum absolute atomic E-state index is 16.1. The molecule has 0 bridgehead atoms. The highest BCUT2D eigenvalue weighted by Crippen LogP contribution is 2.45. The lowest BCUT2D eigenvalue weighted by Crippen LogP contribution is -2.48. The number of benzene rings is 4. The highest BCUT2D eigenvalue weighted by Gasteiger charge is 2.44. The Labute approximate surface area is 299 Å². The molecule has 51 heavy (non-hydrogen) atoms. The highest BCUT2D eigenvalue weighted by atomic mass is 32.2. The number of methoxy groups -OCH3 is 1. The number of fused-ring (bicyclic) bond motifs is 3. The number of ether oxygens (including phenoxy) is 2. The van der Waals surface area contributed by atoms with Crippen LogP contribution >= 0.6 is 0 Å². The first-order valence-corrected chi connectivity index (χ1v) is 19.2. The van der Waals surface area contributed by atoms with Crippen molar-refractivity contribution in [1.82, 2.24) is 14.5 Å². The zero-order valence-electron chi connectivity index (χ0n) is 29.2. The summed E-state index contributed by atoms with van der Waals surface area (Å²) in [6, 6.07) is 31.2. The topological polar surface area (TPSA) is 107 Å². The summed E-state index contributed by atoms with van der Waals surface area (Å²) < 4.78 is 38.0. The Hall–Kier alpha value is -4.77. The number of carbonyl (C=O) groups is 1. The lowest BCUT2D eigenvalue weighted by Gasteiger charge is -2.37. The minimum absolute atomic E-state index is 0.158. The minimum Gasteiger partial charge on any atom is -0.469 e. The molecule has 10 heteroatoms. The van der Waals surface area contributed by atoms with Gasteiger partial charge in [0.15, 0.2) is 9.92 Å². The van der Waals surface area contributed by atoms with E-state index in [2.05, 4.69) is 25.6 Å². The van der Waals surface area contributed by atoms with Crippen molar-refractivity contribution in [2.45, 2.75) is 74.4 Å². The van der Waals surface area contributed by atoms with Gasteiger partial charge in [-0.3, -0.25) is 0 Å². The summed E-state index contributed by atoms with van der Waals surface area (Å²) in [5.74, 6) is 0.490. The van der Waals surface area contributed by atoms with E-state index >= 15 is 4.21 Å². The molecular weight excluding hydrogens is 659 g/mol. The van der Waals surface area contributed by atoms with Gasteiger partial charge < -0.3 is 14.8 Å². The molecular formula is C41H43N5O4S. The third-order valence-corrected chi connectivity index (χ3v) is 12.3. The maximum Gasteiger partial charge on any atom is 0.354 e. The summed E-state index contributed by atoms with van der Waals surface area (Å²) >= 11 is 0. The Morgan fingerprint density at radius 3 is 2.20 bits per heavy atom. The van der Waals surface area contributed by atoms with Crippen molar-refractivity contribution in [3.63, 3.8) is 0 Å². The van der Waals surface area contributed by atoms with Gasteiger partial charge >= 0.3 is 6.03 Å². The molecule has 0 saturated carbocycles. The van der Waals surface area contributed by atoms with Crippen LogP contribution in [0.15, 0.2) is 113 Å². The Bertz CT molecular complexity index is 2110. The van der Waals surface area contributed by atoms with Crippen LogP contribution in [0.5, 0.6) is 5.88 Å². The van der Waals surface area contributed by atoms with E-state index in [9.17, 15) is 4.79 Å². The maximum atomic E-state index is 16.1. The number of aryl methyl sites for hydroxylation is 2. The first-order valence-electron chi connectivity index (χ1n) is 17.7. The van der Waals surface area contributed by atoms with Crippen LogP contribution in [-0.2, 0) is 46.0 Å². The molecule has 3 aliphatic rings. The van der Waals surface area contributed by atoms with Crippen LogP contribution in [0.3, 0.4) is 0 Å². The van der Waals surface area contributed by atoms with Crippen LogP contribution in [-0.4, -0.2) is 39.3 Å². The van der Waals surface area contributed by atoms with E-state index in [0.717, 1.165) is 65.6 Å². The molecule has 2 heterocycles. The second-order valence-electron chi connectivity index (χ2n) is 14.3. The van der Waals surface area contributed by atoms with E-state index in [-0.39, 0.29) is 10.8 Å². The summed E-state index contributed by atoms with van der Waals surface area (Å²) in [6.07, 6.45) is 6.26. The smallest absolute Gasteiger partial charge is 0.354 e. The Balaban J connectivity index is 1.33. The molecule has 1 aromatic heterocycles. The van der Waals surface area contributed by atoms with Crippen molar-refractivity contribution in [3.8, 4) is 5.88 Å². The molecule has 2 atom stereocenters. The zero-order chi connectivity index (χ0) is 35.2. The second kappa shape index (κ2) is 13.1. The van der Waals surface area contributed by atoms with E-state index in [1.165, 1.54) is 17.3 Å². The molecule has 1 aliphatic heterocycles. The van der Waals surface area contributed by atoms with E-state index in [1.807, 2.05) is 105 Å². The number of nitrogens with one attached hydrogen (secondary N) is 2. The summed E-state index contributed by atoms with van der Waals surface area (Å²) in [7, 11) is -2.13. The zero-order valence-corrected chi connectivity index (χ0v) is 30.0. The van der Waals surface area contributed by atoms with Gasteiger partial charge in [0.25, 0.3) is 0 Å². The molecule has 262 valence electrons. The molecule has 2 N–H and O–H groups in total. The summed E-state index contributed by atoms with van der Waals surface area (Å²) in [5.41, 5.74) is 6.27. The SMILES string of the molecule is COCC1CCc2cc3c(c(NC(=O)N=S(=O)(NC(c4ccccc4)(c4ccccc4)c4ccccc4)c4cnn5c4OC(C)(C)C5)c21)CCC3. The normalized spacial score (nSPS) is 18.3. The Morgan fingerprint density at radius 1 is 0.961 bits per heavy atom. The average Bonchev–Trinajstić information content (AvgIpc) is 3.92. The number of carbonyl (C=O) groups excluding carboxylic acids is 1. The van der Waals surface area contributed by atoms with E-state index in [0.29, 0.717) is 19.0 Å². The van der Waals surface area contributed by atoms with Gasteiger partial charge in [0.1, 0.15) is 16.0 Å². The van der Waals surface area contributed by atoms with Crippen molar-refractivity contribution >= 4 is 21.6 Å². The van der Waals surface area contributed by atoms with Crippen molar-refractivity contribution in [3.05, 3.63) is 142 Å². The van der Waals surface area contributed by atoms with Gasteiger partial charge in [-0.2, -0.15) is 5.10 Å². The quantitative estimate of drug-likeness (QED) is 0.153. The van der Waals surface area contributed by atoms with Crippen molar-refractivity contribution in [1.29, 1.82) is 0 Å². The number of nitrogens with zero attached hydrogens (tertiary/aromatic N) is 3. The van der Waals surface area contributed by atoms with Crippen LogP contribution in [0, 0.1) is 0 Å². The Kier molecular flexibility index (Phi) is 8.56. The average molecular weight is 702 g/mol. The van der Waals surface area contributed by atoms with Crippen molar-refractivity contribution < 1.29 is 18.5 Å². The molecule has 0 saturated heterocycles. The number of hydrogen-bond donors (Lipinski definition) is 2. The molecule has 0 spiro atoms. The number of rotatable bonds is 9. The molecule has 8 rings (SSSR count). The number of anilines is 1. The lowest BCUT2D eigenvalue weighted by molar-refractivity contribution is 0.132. The van der Waals surface area contributed by atoms with Crippen LogP contribution in [0.25, 0.3) is 0 Å². The van der Waals surface area contributed by atoms with Crippen LogP contribution in [0.1, 0.15) is 71.6 Å². The fourth-order valence-electron chi connectivity index (χ4n) is 8.22. The van der Waals surface area contributed by atoms with Gasteiger partial charge in [-0.15, -0.1) is 4.36 Å². The molecule has 4 aromatic carbocycles. The third kappa shape index (κ3) is 5.95. The molecule has 0 fully saturated rings. The largest absolute Gasteiger partial charge is 0.469 e. The van der Waals surface area contributed by atoms with E-state index < -0.39 is 27.1 Å². The molecule has 2 amide bonds. The van der Waals surface area contributed by atoms with Gasteiger partial charge in [0, 0.05) is 18.7 Å². The molecule has 2 aliphatic carbocycles. The molecule has 9 nitrogen and oxygen atoms in total. The molecule has 2 unspecified atom stereocenters. The molecule has 5 aromatic rings. The number of hydrogen-bond acceptors (Lipinski definition) is 5. The first kappa shape index (κ1) is 33.4. The monoisotopic (exact) mass is 701 g/mol. The van der Waals surface area contributed by atoms with Gasteiger partial charge in [-0.1, -0.05) is 97.1 Å². The van der Waals surface area contributed by atoms with Crippen LogP contribution in [0.4, 0.5) is 10.5 Å². The van der Waals surface area contributed by atoms with Gasteiger partial charge in [-0.05, 0) is 84.9 Å². The van der Waals surface area contributed by atoms with E-state index in [4.69, 9.17) is 9.47 Å². The van der Waals surface area contributed by atoms with Gasteiger partial charge in [-0.25, -0.2) is 18.4 Å². The fourth-order valence-corrected chi connectivity index (χ4v) is 10.1. The standard InChI is InChI=1S/C41H43N5O4S/c1-40(2)27-46-38(50-40)35(25-42-46)51(48,44-39(47)43-37-34-21-13-14-28(34)24-29-22-23-30(26-49-3)36(29)37)45-41(31-15-7-4-8-16-31,32-17-9-5-10-18-32)33-19-11-6-12-20-33/h4-12,15-20,24-25,30H,13-14,21-23,26-27H2,1-3H3,(H2,43,44,45,47,48). The number of amides is 2. The second-order valence-corrected chi connectivity index (χ2v) is 16.2. The van der Waals surface area contributed by atoms with E-state index in [1.54, 1.807) is 11.8 Å². The third-order valence-electron chi connectivity index (χ3n) is 10.4. The molecule has 0 radical (unpaired) electrons. The van der Waals surface area contributed by atoms with Crippen molar-refractivity contribution in [2.75, 3.05) is 19.0 Å². The summed E-state index contributed by atoms with van der Waals surface area (Å²) in [4.78, 5) is 14.7. The first-order chi connectivity index (χ1) is 24.7. The van der Waals surface area contributed by atoms with Gasteiger partial charge in [0.2, 0.25) is 5.88 Å². The predicted molar refractivity (Wildman–Crippen MR) is 199 cm³/mol. The highest BCUT2D eigenvalue weighted by molar-refractivity contribution is 7.92. The number of aromatic nitrogens is 2. The lowest BCUT2D eigenvalue weighted by atomic mass is 9.78. The predicted octanol–water partition coefficient (Wildman–Crippen LogP) is 7.77. The Morgan fingerprint density at radius 2 is 1.59 bits per heavy atom. The van der Waals surface area contributed by atoms with Gasteiger partial charge in [0.05, 0.1) is 19.3 Å². The fraction of sp³-hybridized carbons (Fsp3) is 0.317. The van der Waals surface area contributed by atoms with Crippen LogP contribution < -0.4 is 14.8 Å². The number of urea groups is 1.